The van der Waals surface area contributed by atoms with E-state index in [1.165, 1.54) is 22.0 Å². The molecule has 2 aliphatic carbocycles. The van der Waals surface area contributed by atoms with E-state index in [9.17, 15) is 27.9 Å². The van der Waals surface area contributed by atoms with Crippen molar-refractivity contribution >= 4 is 16.9 Å². The first kappa shape index (κ1) is 22.4. The minimum absolute atomic E-state index is 0.0357. The van der Waals surface area contributed by atoms with Gasteiger partial charge in [0.25, 0.3) is 5.56 Å². The van der Waals surface area contributed by atoms with Crippen molar-refractivity contribution in [2.45, 2.75) is 82.2 Å². The average Bonchev–Trinajstić information content (AvgIpc) is 3.32. The Kier molecular flexibility index (Phi) is 5.30. The van der Waals surface area contributed by atoms with Gasteiger partial charge in [-0.1, -0.05) is 12.8 Å². The van der Waals surface area contributed by atoms with Gasteiger partial charge in [-0.25, -0.2) is 9.67 Å². The predicted molar refractivity (Wildman–Crippen MR) is 112 cm³/mol. The second-order valence-electron chi connectivity index (χ2n) is 9.93. The molecule has 2 saturated carbocycles. The number of carbonyl (C=O) groups excluding carboxylic acids is 1. The van der Waals surface area contributed by atoms with Crippen LogP contribution in [0.1, 0.15) is 63.8 Å². The maximum absolute atomic E-state index is 13.1. The molecule has 5 rings (SSSR count). The standard InChI is InChI=1S/C22H28F3N5O3/c23-22(24,25)8-5-17(31)28-10-9-21(33,20(12-28)6-1-2-7-20)13-29-14-26-18-16(19(29)32)11-27-30(18)15-3-4-15/h11,14-15,33H,1-10,12-13H2. The van der Waals surface area contributed by atoms with E-state index < -0.39 is 35.9 Å². The number of likely N-dealkylation sites (tertiary alicyclic amines) is 1. The average molecular weight is 467 g/mol. The summed E-state index contributed by atoms with van der Waals surface area (Å²) in [4.78, 5) is 31.5. The number of halogens is 3. The summed E-state index contributed by atoms with van der Waals surface area (Å²) in [7, 11) is 0. The first-order chi connectivity index (χ1) is 15.6. The van der Waals surface area contributed by atoms with Crippen molar-refractivity contribution in [3.63, 3.8) is 0 Å². The lowest BCUT2D eigenvalue weighted by Crippen LogP contribution is -2.62. The van der Waals surface area contributed by atoms with E-state index in [4.69, 9.17) is 0 Å². The number of alkyl halides is 3. The van der Waals surface area contributed by atoms with Crippen LogP contribution in [0.3, 0.4) is 0 Å². The van der Waals surface area contributed by atoms with E-state index in [-0.39, 0.29) is 37.7 Å². The number of aromatic nitrogens is 4. The molecule has 2 aromatic rings. The molecule has 11 heteroatoms. The molecule has 0 aromatic carbocycles. The minimum Gasteiger partial charge on any atom is -0.387 e. The Morgan fingerprint density at radius 3 is 2.61 bits per heavy atom. The fourth-order valence-electron chi connectivity index (χ4n) is 5.67. The molecule has 8 nitrogen and oxygen atoms in total. The van der Waals surface area contributed by atoms with Gasteiger partial charge in [-0.05, 0) is 32.1 Å². The molecular weight excluding hydrogens is 439 g/mol. The number of hydrogen-bond donors (Lipinski definition) is 1. The second kappa shape index (κ2) is 7.82. The van der Waals surface area contributed by atoms with Crippen LogP contribution in [0, 0.1) is 5.41 Å². The topological polar surface area (TPSA) is 93.2 Å². The van der Waals surface area contributed by atoms with E-state index in [0.717, 1.165) is 25.7 Å². The maximum atomic E-state index is 13.1. The van der Waals surface area contributed by atoms with Crippen LogP contribution in [-0.4, -0.2) is 60.1 Å². The Hall–Kier alpha value is -2.43. The lowest BCUT2D eigenvalue weighted by atomic mass is 9.65. The molecule has 33 heavy (non-hydrogen) atoms. The first-order valence-electron chi connectivity index (χ1n) is 11.6. The van der Waals surface area contributed by atoms with Gasteiger partial charge in [0.1, 0.15) is 11.7 Å². The third-order valence-corrected chi connectivity index (χ3v) is 7.72. The third-order valence-electron chi connectivity index (χ3n) is 7.72. The van der Waals surface area contributed by atoms with Crippen molar-refractivity contribution < 1.29 is 23.1 Å². The summed E-state index contributed by atoms with van der Waals surface area (Å²) in [6.07, 6.45) is 2.17. The van der Waals surface area contributed by atoms with E-state index in [2.05, 4.69) is 10.1 Å². The lowest BCUT2D eigenvalue weighted by Gasteiger charge is -2.52. The second-order valence-corrected chi connectivity index (χ2v) is 9.93. The van der Waals surface area contributed by atoms with Gasteiger partial charge in [0.2, 0.25) is 5.91 Å². The third kappa shape index (κ3) is 4.04. The number of hydrogen-bond acceptors (Lipinski definition) is 5. The van der Waals surface area contributed by atoms with E-state index >= 15 is 0 Å². The van der Waals surface area contributed by atoms with E-state index in [1.807, 2.05) is 0 Å². The number of fused-ring (bicyclic) bond motifs is 1. The summed E-state index contributed by atoms with van der Waals surface area (Å²) in [6, 6.07) is 0.287. The van der Waals surface area contributed by atoms with Gasteiger partial charge < -0.3 is 10.0 Å². The van der Waals surface area contributed by atoms with Crippen LogP contribution < -0.4 is 5.56 Å². The highest BCUT2D eigenvalue weighted by atomic mass is 19.4. The summed E-state index contributed by atoms with van der Waals surface area (Å²) in [5.41, 5.74) is -1.62. The fourth-order valence-corrected chi connectivity index (χ4v) is 5.67. The Morgan fingerprint density at radius 1 is 1.21 bits per heavy atom. The van der Waals surface area contributed by atoms with Crippen LogP contribution in [-0.2, 0) is 11.3 Å². The zero-order valence-corrected chi connectivity index (χ0v) is 18.4. The predicted octanol–water partition coefficient (Wildman–Crippen LogP) is 2.79. The molecule has 0 radical (unpaired) electrons. The molecule has 1 unspecified atom stereocenters. The Balaban J connectivity index is 1.38. The van der Waals surface area contributed by atoms with Crippen molar-refractivity contribution in [1.29, 1.82) is 0 Å². The number of aliphatic hydroxyl groups is 1. The molecule has 0 bridgehead atoms. The molecule has 1 spiro atoms. The summed E-state index contributed by atoms with van der Waals surface area (Å²) >= 11 is 0. The van der Waals surface area contributed by atoms with E-state index in [1.54, 1.807) is 4.68 Å². The smallest absolute Gasteiger partial charge is 0.387 e. The van der Waals surface area contributed by atoms with Crippen LogP contribution in [0.15, 0.2) is 17.3 Å². The van der Waals surface area contributed by atoms with Gasteiger partial charge in [-0.3, -0.25) is 14.2 Å². The highest BCUT2D eigenvalue weighted by molar-refractivity contribution is 5.76. The lowest BCUT2D eigenvalue weighted by molar-refractivity contribution is -0.166. The van der Waals surface area contributed by atoms with Crippen molar-refractivity contribution in [1.82, 2.24) is 24.2 Å². The minimum atomic E-state index is -4.38. The van der Waals surface area contributed by atoms with Crippen LogP contribution in [0.5, 0.6) is 0 Å². The van der Waals surface area contributed by atoms with Gasteiger partial charge in [0.05, 0.1) is 30.8 Å². The number of nitrogens with zero attached hydrogens (tertiary/aromatic N) is 5. The summed E-state index contributed by atoms with van der Waals surface area (Å²) in [5.74, 6) is -0.534. The van der Waals surface area contributed by atoms with Gasteiger partial charge in [0.15, 0.2) is 5.65 Å². The van der Waals surface area contributed by atoms with Crippen LogP contribution in [0.25, 0.3) is 11.0 Å². The number of piperidine rings is 1. The zero-order chi connectivity index (χ0) is 23.4. The summed E-state index contributed by atoms with van der Waals surface area (Å²) in [5, 5.41) is 16.5. The molecule has 3 aliphatic rings. The molecule has 1 N–H and O–H groups in total. The van der Waals surface area contributed by atoms with Gasteiger partial charge in [-0.15, -0.1) is 0 Å². The molecular formula is C22H28F3N5O3. The number of rotatable bonds is 5. The maximum Gasteiger partial charge on any atom is 0.389 e. The van der Waals surface area contributed by atoms with Crippen molar-refractivity contribution in [2.24, 2.45) is 5.41 Å². The molecule has 1 aliphatic heterocycles. The monoisotopic (exact) mass is 467 g/mol. The Morgan fingerprint density at radius 2 is 1.94 bits per heavy atom. The molecule has 3 fully saturated rings. The van der Waals surface area contributed by atoms with Crippen LogP contribution in [0.2, 0.25) is 0 Å². The van der Waals surface area contributed by atoms with E-state index in [0.29, 0.717) is 23.9 Å². The fraction of sp³-hybridized carbons (Fsp3) is 0.727. The number of carbonyl (C=O) groups is 1. The van der Waals surface area contributed by atoms with Crippen LogP contribution in [0.4, 0.5) is 13.2 Å². The van der Waals surface area contributed by atoms with Crippen LogP contribution >= 0.6 is 0 Å². The Bertz CT molecular complexity index is 1120. The highest BCUT2D eigenvalue weighted by Crippen LogP contribution is 2.51. The Labute approximate surface area is 188 Å². The molecule has 1 amide bonds. The summed E-state index contributed by atoms with van der Waals surface area (Å²) in [6.45, 7) is 0.414. The quantitative estimate of drug-likeness (QED) is 0.730. The number of amides is 1. The van der Waals surface area contributed by atoms with Gasteiger partial charge in [-0.2, -0.15) is 18.3 Å². The molecule has 180 valence electrons. The molecule has 2 aromatic heterocycles. The summed E-state index contributed by atoms with van der Waals surface area (Å²) < 4.78 is 41.0. The zero-order valence-electron chi connectivity index (χ0n) is 18.4. The molecule has 1 atom stereocenters. The molecule has 1 saturated heterocycles. The van der Waals surface area contributed by atoms with Gasteiger partial charge >= 0.3 is 6.18 Å². The van der Waals surface area contributed by atoms with Gasteiger partial charge in [0, 0.05) is 24.9 Å². The van der Waals surface area contributed by atoms with Crippen molar-refractivity contribution in [3.8, 4) is 0 Å². The SMILES string of the molecule is O=C(CCC(F)(F)F)N1CCC(O)(Cn2cnc3c(cnn3C3CC3)c2=O)C2(CCCC2)C1. The van der Waals surface area contributed by atoms with Crippen molar-refractivity contribution in [3.05, 3.63) is 22.9 Å². The first-order valence-corrected chi connectivity index (χ1v) is 11.6. The largest absolute Gasteiger partial charge is 0.389 e. The highest BCUT2D eigenvalue weighted by Gasteiger charge is 2.55. The normalized spacial score (nSPS) is 25.3. The van der Waals surface area contributed by atoms with Crippen molar-refractivity contribution in [2.75, 3.05) is 13.1 Å². The molecule has 3 heterocycles.